The summed E-state index contributed by atoms with van der Waals surface area (Å²) >= 11 is 6.14. The third kappa shape index (κ3) is 2.95. The number of anilines is 1. The number of para-hydroxylation sites is 1. The molecule has 128 valence electrons. The molecule has 0 saturated heterocycles. The number of aromatic nitrogens is 2. The van der Waals surface area contributed by atoms with Gasteiger partial charge in [-0.3, -0.25) is 4.79 Å². The maximum Gasteiger partial charge on any atom is 0.257 e. The largest absolute Gasteiger partial charge is 0.321 e. The second-order valence-corrected chi connectivity index (χ2v) is 6.43. The minimum atomic E-state index is -0.247. The normalized spacial score (nSPS) is 10.8. The van der Waals surface area contributed by atoms with Gasteiger partial charge in [0, 0.05) is 18.0 Å². The van der Waals surface area contributed by atoms with E-state index in [4.69, 9.17) is 16.6 Å². The van der Waals surface area contributed by atoms with Gasteiger partial charge in [0.25, 0.3) is 5.91 Å². The molecule has 2 aromatic heterocycles. The Labute approximate surface area is 156 Å². The first-order chi connectivity index (χ1) is 12.6. The number of nitrogens with zero attached hydrogens (tertiary/aromatic N) is 2. The highest BCUT2D eigenvalue weighted by atomic mass is 35.5. The van der Waals surface area contributed by atoms with Gasteiger partial charge >= 0.3 is 0 Å². The molecule has 0 bridgehead atoms. The maximum absolute atomic E-state index is 12.6. The van der Waals surface area contributed by atoms with Crippen molar-refractivity contribution in [2.24, 2.45) is 0 Å². The van der Waals surface area contributed by atoms with Crippen molar-refractivity contribution in [2.45, 2.75) is 6.92 Å². The van der Waals surface area contributed by atoms with Crippen LogP contribution in [0.2, 0.25) is 5.02 Å². The number of benzene rings is 2. The van der Waals surface area contributed by atoms with Crippen molar-refractivity contribution in [1.82, 2.24) is 9.38 Å². The van der Waals surface area contributed by atoms with Gasteiger partial charge in [-0.15, -0.1) is 0 Å². The molecule has 4 aromatic rings. The van der Waals surface area contributed by atoms with Gasteiger partial charge in [-0.2, -0.15) is 0 Å². The molecule has 0 aliphatic carbocycles. The van der Waals surface area contributed by atoms with Crippen molar-refractivity contribution < 1.29 is 4.79 Å². The van der Waals surface area contributed by atoms with Crippen LogP contribution >= 0.6 is 11.6 Å². The fourth-order valence-corrected chi connectivity index (χ4v) is 3.16. The van der Waals surface area contributed by atoms with Gasteiger partial charge in [-0.1, -0.05) is 48.0 Å². The molecule has 26 heavy (non-hydrogen) atoms. The van der Waals surface area contributed by atoms with Crippen molar-refractivity contribution >= 4 is 28.8 Å². The number of rotatable bonds is 3. The first-order valence-corrected chi connectivity index (χ1v) is 8.61. The monoisotopic (exact) mass is 361 g/mol. The molecule has 1 amide bonds. The molecule has 0 radical (unpaired) electrons. The lowest BCUT2D eigenvalue weighted by Crippen LogP contribution is -2.13. The molecule has 4 nitrogen and oxygen atoms in total. The van der Waals surface area contributed by atoms with Crippen LogP contribution in [0.25, 0.3) is 16.9 Å². The molecule has 4 rings (SSSR count). The van der Waals surface area contributed by atoms with E-state index in [-0.39, 0.29) is 5.91 Å². The number of amides is 1. The van der Waals surface area contributed by atoms with Crippen molar-refractivity contribution in [3.8, 4) is 11.3 Å². The predicted molar refractivity (Wildman–Crippen MR) is 105 cm³/mol. The summed E-state index contributed by atoms with van der Waals surface area (Å²) < 4.78 is 1.98. The number of pyridine rings is 1. The Morgan fingerprint density at radius 2 is 1.81 bits per heavy atom. The number of fused-ring (bicyclic) bond motifs is 1. The van der Waals surface area contributed by atoms with E-state index in [0.29, 0.717) is 16.3 Å². The summed E-state index contributed by atoms with van der Waals surface area (Å²) in [6.45, 7) is 2.02. The zero-order valence-corrected chi connectivity index (χ0v) is 14.9. The van der Waals surface area contributed by atoms with Gasteiger partial charge in [0.2, 0.25) is 0 Å². The second-order valence-electron chi connectivity index (χ2n) is 6.03. The first-order valence-electron chi connectivity index (χ1n) is 8.23. The fourth-order valence-electron chi connectivity index (χ4n) is 2.93. The summed E-state index contributed by atoms with van der Waals surface area (Å²) in [4.78, 5) is 17.3. The Kier molecular flexibility index (Phi) is 4.19. The van der Waals surface area contributed by atoms with Crippen LogP contribution in [-0.2, 0) is 0 Å². The summed E-state index contributed by atoms with van der Waals surface area (Å²) in [5.41, 5.74) is 4.78. The van der Waals surface area contributed by atoms with Crippen molar-refractivity contribution in [2.75, 3.05) is 5.32 Å². The maximum atomic E-state index is 12.6. The molecular weight excluding hydrogens is 346 g/mol. The SMILES string of the molecule is Cc1cccn2cc(-c3ccccc3NC(=O)c3ccccc3Cl)nc12. The minimum Gasteiger partial charge on any atom is -0.321 e. The molecule has 0 aliphatic rings. The van der Waals surface area contributed by atoms with E-state index in [1.807, 2.05) is 60.1 Å². The van der Waals surface area contributed by atoms with E-state index < -0.39 is 0 Å². The van der Waals surface area contributed by atoms with Crippen LogP contribution in [0, 0.1) is 6.92 Å². The quantitative estimate of drug-likeness (QED) is 0.544. The number of hydrogen-bond donors (Lipinski definition) is 1. The molecule has 2 aromatic carbocycles. The number of imidazole rings is 1. The van der Waals surface area contributed by atoms with Crippen molar-refractivity contribution in [3.05, 3.63) is 89.2 Å². The Morgan fingerprint density at radius 1 is 1.04 bits per heavy atom. The van der Waals surface area contributed by atoms with Crippen LogP contribution in [0.1, 0.15) is 15.9 Å². The molecule has 0 atom stereocenters. The van der Waals surface area contributed by atoms with Crippen LogP contribution in [0.3, 0.4) is 0 Å². The molecule has 0 unspecified atom stereocenters. The lowest BCUT2D eigenvalue weighted by Gasteiger charge is -2.10. The standard InChI is InChI=1S/C21H16ClN3O/c1-14-7-6-12-25-13-19(23-20(14)25)16-9-3-5-11-18(16)24-21(26)15-8-2-4-10-17(15)22/h2-13H,1H3,(H,24,26). The molecule has 0 saturated carbocycles. The summed E-state index contributed by atoms with van der Waals surface area (Å²) in [7, 11) is 0. The molecular formula is C21H16ClN3O. The zero-order chi connectivity index (χ0) is 18.1. The summed E-state index contributed by atoms with van der Waals surface area (Å²) in [6, 6.07) is 18.6. The Morgan fingerprint density at radius 3 is 2.62 bits per heavy atom. The summed E-state index contributed by atoms with van der Waals surface area (Å²) in [6.07, 6.45) is 3.92. The van der Waals surface area contributed by atoms with Crippen molar-refractivity contribution in [1.29, 1.82) is 0 Å². The molecule has 2 heterocycles. The number of carbonyl (C=O) groups excluding carboxylic acids is 1. The Balaban J connectivity index is 1.74. The van der Waals surface area contributed by atoms with Crippen molar-refractivity contribution in [3.63, 3.8) is 0 Å². The van der Waals surface area contributed by atoms with Gasteiger partial charge < -0.3 is 9.72 Å². The highest BCUT2D eigenvalue weighted by Gasteiger charge is 2.14. The molecule has 5 heteroatoms. The van der Waals surface area contributed by atoms with Gasteiger partial charge in [0.1, 0.15) is 5.65 Å². The van der Waals surface area contributed by atoms with E-state index in [1.165, 1.54) is 0 Å². The van der Waals surface area contributed by atoms with Gasteiger partial charge in [0.05, 0.1) is 22.0 Å². The van der Waals surface area contributed by atoms with E-state index >= 15 is 0 Å². The number of hydrogen-bond acceptors (Lipinski definition) is 2. The lowest BCUT2D eigenvalue weighted by atomic mass is 10.1. The van der Waals surface area contributed by atoms with E-state index in [9.17, 15) is 4.79 Å². The highest BCUT2D eigenvalue weighted by molar-refractivity contribution is 6.34. The average Bonchev–Trinajstić information content (AvgIpc) is 3.08. The second kappa shape index (κ2) is 6.65. The molecule has 0 spiro atoms. The third-order valence-electron chi connectivity index (χ3n) is 4.25. The van der Waals surface area contributed by atoms with Crippen LogP contribution in [0.5, 0.6) is 0 Å². The van der Waals surface area contributed by atoms with Crippen LogP contribution in [0.15, 0.2) is 73.1 Å². The topological polar surface area (TPSA) is 46.4 Å². The van der Waals surface area contributed by atoms with Crippen LogP contribution < -0.4 is 5.32 Å². The fraction of sp³-hybridized carbons (Fsp3) is 0.0476. The molecule has 0 aliphatic heterocycles. The number of halogens is 1. The van der Waals surface area contributed by atoms with Gasteiger partial charge in [0.15, 0.2) is 0 Å². The molecule has 0 fully saturated rings. The van der Waals surface area contributed by atoms with E-state index in [1.54, 1.807) is 24.3 Å². The van der Waals surface area contributed by atoms with Gasteiger partial charge in [-0.25, -0.2) is 4.98 Å². The third-order valence-corrected chi connectivity index (χ3v) is 4.58. The Hall–Kier alpha value is -3.11. The zero-order valence-electron chi connectivity index (χ0n) is 14.1. The number of carbonyl (C=O) groups is 1. The van der Waals surface area contributed by atoms with Crippen LogP contribution in [0.4, 0.5) is 5.69 Å². The lowest BCUT2D eigenvalue weighted by molar-refractivity contribution is 0.102. The van der Waals surface area contributed by atoms with E-state index in [0.717, 1.165) is 22.5 Å². The smallest absolute Gasteiger partial charge is 0.257 e. The van der Waals surface area contributed by atoms with Crippen LogP contribution in [-0.4, -0.2) is 15.3 Å². The summed E-state index contributed by atoms with van der Waals surface area (Å²) in [5, 5.41) is 3.37. The number of aryl methyl sites for hydroxylation is 1. The highest BCUT2D eigenvalue weighted by Crippen LogP contribution is 2.29. The first kappa shape index (κ1) is 16.4. The minimum absolute atomic E-state index is 0.247. The number of nitrogens with one attached hydrogen (secondary N) is 1. The predicted octanol–water partition coefficient (Wildman–Crippen LogP) is 5.22. The average molecular weight is 362 g/mol. The van der Waals surface area contributed by atoms with E-state index in [2.05, 4.69) is 5.32 Å². The Bertz CT molecular complexity index is 1120. The molecule has 1 N–H and O–H groups in total. The van der Waals surface area contributed by atoms with Gasteiger partial charge in [-0.05, 0) is 36.8 Å². The summed E-state index contributed by atoms with van der Waals surface area (Å²) in [5.74, 6) is -0.247.